The highest BCUT2D eigenvalue weighted by atomic mass is 35.5. The van der Waals surface area contributed by atoms with E-state index < -0.39 is 15.4 Å². The minimum absolute atomic E-state index is 0.0275. The Morgan fingerprint density at radius 2 is 1.88 bits per heavy atom. The van der Waals surface area contributed by atoms with Crippen LogP contribution in [-0.2, 0) is 22.0 Å². The molecule has 3 rings (SSSR count). The molecule has 0 atom stereocenters. The topological polar surface area (TPSA) is 114 Å². The van der Waals surface area contributed by atoms with Gasteiger partial charge in [0.25, 0.3) is 0 Å². The van der Waals surface area contributed by atoms with E-state index in [2.05, 4.69) is 15.8 Å². The van der Waals surface area contributed by atoms with Crippen molar-refractivity contribution in [3.8, 4) is 17.6 Å². The summed E-state index contributed by atoms with van der Waals surface area (Å²) in [5.41, 5.74) is 1.85. The minimum atomic E-state index is -3.44. The van der Waals surface area contributed by atoms with E-state index in [1.54, 1.807) is 0 Å². The van der Waals surface area contributed by atoms with E-state index in [9.17, 15) is 13.7 Å². The largest absolute Gasteiger partial charge is 0.491 e. The van der Waals surface area contributed by atoms with Crippen molar-refractivity contribution in [1.29, 1.82) is 5.26 Å². The molecule has 0 radical (unpaired) electrons. The van der Waals surface area contributed by atoms with Crippen LogP contribution >= 0.6 is 11.6 Å². The second-order valence-corrected chi connectivity index (χ2v) is 10.4. The van der Waals surface area contributed by atoms with Gasteiger partial charge in [0.15, 0.2) is 12.4 Å². The van der Waals surface area contributed by atoms with Gasteiger partial charge in [-0.1, -0.05) is 44.5 Å². The molecule has 0 aliphatic rings. The van der Waals surface area contributed by atoms with Crippen LogP contribution in [-0.4, -0.2) is 26.3 Å². The molecule has 10 heteroatoms. The summed E-state index contributed by atoms with van der Waals surface area (Å²) in [6.45, 7) is 6.61. The Morgan fingerprint density at radius 3 is 2.50 bits per heavy atom. The molecule has 1 N–H and O–H groups in total. The van der Waals surface area contributed by atoms with Crippen LogP contribution in [0.4, 0.5) is 5.88 Å². The van der Waals surface area contributed by atoms with Crippen molar-refractivity contribution in [2.75, 3.05) is 17.6 Å². The molecular weight excluding hydrogens is 478 g/mol. The Labute approximate surface area is 204 Å². The molecular formula is C24H26ClN3O5S. The highest BCUT2D eigenvalue weighted by Gasteiger charge is 2.26. The first-order valence-corrected chi connectivity index (χ1v) is 12.8. The number of benzene rings is 2. The van der Waals surface area contributed by atoms with Gasteiger partial charge in [-0.05, 0) is 41.8 Å². The molecule has 0 aliphatic carbocycles. The van der Waals surface area contributed by atoms with Gasteiger partial charge in [-0.25, -0.2) is 13.4 Å². The summed E-state index contributed by atoms with van der Waals surface area (Å²) in [6.07, 6.45) is 3.13. The lowest BCUT2D eigenvalue weighted by molar-refractivity contribution is 0.265. The molecule has 8 nitrogen and oxygen atoms in total. The molecule has 0 fully saturated rings. The first-order valence-electron chi connectivity index (χ1n) is 10.6. The summed E-state index contributed by atoms with van der Waals surface area (Å²) in [5, 5.41) is 10.0. The molecule has 0 aliphatic heterocycles. The van der Waals surface area contributed by atoms with E-state index >= 15 is 0 Å². The number of hydrogen-bond acceptors (Lipinski definition) is 7. The molecule has 0 unspecified atom stereocenters. The third kappa shape index (κ3) is 6.22. The smallest absolute Gasteiger partial charge is 0.234 e. The summed E-state index contributed by atoms with van der Waals surface area (Å²) in [5.74, 6) is 1.27. The van der Waals surface area contributed by atoms with Gasteiger partial charge in [0.2, 0.25) is 21.8 Å². The fraction of sp³-hybridized carbons (Fsp3) is 0.333. The van der Waals surface area contributed by atoms with Crippen LogP contribution < -0.4 is 14.2 Å². The molecule has 0 saturated heterocycles. The fourth-order valence-corrected chi connectivity index (χ4v) is 4.01. The number of ether oxygens (including phenoxy) is 2. The Morgan fingerprint density at radius 1 is 1.18 bits per heavy atom. The zero-order chi connectivity index (χ0) is 24.9. The Balaban J connectivity index is 1.73. The van der Waals surface area contributed by atoms with Crippen LogP contribution in [0.2, 0.25) is 5.02 Å². The number of aromatic nitrogens is 1. The van der Waals surface area contributed by atoms with Gasteiger partial charge in [-0.2, -0.15) is 5.26 Å². The van der Waals surface area contributed by atoms with Crippen LogP contribution in [0.3, 0.4) is 0 Å². The zero-order valence-corrected chi connectivity index (χ0v) is 21.0. The number of nitrogens with zero attached hydrogens (tertiary/aromatic N) is 2. The fourth-order valence-electron chi connectivity index (χ4n) is 3.27. The minimum Gasteiger partial charge on any atom is -0.491 e. The van der Waals surface area contributed by atoms with E-state index in [0.29, 0.717) is 28.7 Å². The predicted molar refractivity (Wildman–Crippen MR) is 130 cm³/mol. The Hall–Kier alpha value is -3.22. The normalized spacial score (nSPS) is 11.6. The molecule has 180 valence electrons. The number of nitriles is 1. The third-order valence-electron chi connectivity index (χ3n) is 5.11. The molecule has 1 heterocycles. The summed E-state index contributed by atoms with van der Waals surface area (Å²) < 4.78 is 41.4. The average molecular weight is 504 g/mol. The Bertz CT molecular complexity index is 1300. The summed E-state index contributed by atoms with van der Waals surface area (Å²) >= 11 is 6.46. The van der Waals surface area contributed by atoms with E-state index in [-0.39, 0.29) is 18.4 Å². The molecule has 0 bridgehead atoms. The first kappa shape index (κ1) is 25.4. The van der Waals surface area contributed by atoms with Crippen molar-refractivity contribution in [2.45, 2.75) is 39.2 Å². The number of rotatable bonds is 10. The van der Waals surface area contributed by atoms with Gasteiger partial charge in [-0.15, -0.1) is 0 Å². The maximum Gasteiger partial charge on any atom is 0.234 e. The molecule has 0 saturated carbocycles. The molecule has 3 aromatic rings. The standard InChI is InChI=1S/C24H26ClN3O5S/c1-5-10-31-23-16(13-26)11-18(12-20(23)25)24(2,3)17-6-8-19(9-7-17)32-15-22-27-14-21(33-22)28-34(4,29)30/h6-9,11-12,14,28H,5,10,15H2,1-4H3. The predicted octanol–water partition coefficient (Wildman–Crippen LogP) is 5.26. The lowest BCUT2D eigenvalue weighted by Crippen LogP contribution is -2.19. The van der Waals surface area contributed by atoms with Crippen LogP contribution in [0.25, 0.3) is 0 Å². The van der Waals surface area contributed by atoms with Gasteiger partial charge in [0, 0.05) is 5.41 Å². The maximum absolute atomic E-state index is 11.3. The van der Waals surface area contributed by atoms with Crippen molar-refractivity contribution >= 4 is 27.5 Å². The highest BCUT2D eigenvalue weighted by molar-refractivity contribution is 7.92. The van der Waals surface area contributed by atoms with Crippen molar-refractivity contribution in [3.63, 3.8) is 0 Å². The third-order valence-corrected chi connectivity index (χ3v) is 5.97. The van der Waals surface area contributed by atoms with E-state index in [0.717, 1.165) is 23.8 Å². The van der Waals surface area contributed by atoms with Gasteiger partial charge < -0.3 is 13.9 Å². The summed E-state index contributed by atoms with van der Waals surface area (Å²) in [7, 11) is -3.44. The number of oxazole rings is 1. The number of sulfonamides is 1. The van der Waals surface area contributed by atoms with E-state index in [1.165, 1.54) is 6.20 Å². The van der Waals surface area contributed by atoms with Crippen molar-refractivity contribution in [1.82, 2.24) is 4.98 Å². The summed E-state index contributed by atoms with van der Waals surface area (Å²) in [4.78, 5) is 3.99. The number of nitrogens with one attached hydrogen (secondary N) is 1. The van der Waals surface area contributed by atoms with Crippen LogP contribution in [0.5, 0.6) is 11.5 Å². The number of hydrogen-bond donors (Lipinski definition) is 1. The van der Waals surface area contributed by atoms with Crippen molar-refractivity contribution in [3.05, 3.63) is 70.2 Å². The Kier molecular flexibility index (Phi) is 7.75. The van der Waals surface area contributed by atoms with Gasteiger partial charge in [0.05, 0.1) is 29.6 Å². The molecule has 1 aromatic heterocycles. The summed E-state index contributed by atoms with van der Waals surface area (Å²) in [6, 6.07) is 13.3. The molecule has 0 amide bonds. The second-order valence-electron chi connectivity index (χ2n) is 8.23. The van der Waals surface area contributed by atoms with Gasteiger partial charge in [0.1, 0.15) is 11.8 Å². The second kappa shape index (κ2) is 10.4. The molecule has 34 heavy (non-hydrogen) atoms. The first-order chi connectivity index (χ1) is 16.0. The highest BCUT2D eigenvalue weighted by Crippen LogP contribution is 2.38. The number of anilines is 1. The number of halogens is 1. The maximum atomic E-state index is 11.3. The lowest BCUT2D eigenvalue weighted by Gasteiger charge is -2.27. The SMILES string of the molecule is CCCOc1c(Cl)cc(C(C)(C)c2ccc(OCc3ncc(NS(C)(=O)=O)o3)cc2)cc1C#N. The van der Waals surface area contributed by atoms with E-state index in [1.807, 2.05) is 57.2 Å². The van der Waals surface area contributed by atoms with Crippen molar-refractivity contribution in [2.24, 2.45) is 0 Å². The van der Waals surface area contributed by atoms with Crippen molar-refractivity contribution < 1.29 is 22.3 Å². The lowest BCUT2D eigenvalue weighted by atomic mass is 9.77. The van der Waals surface area contributed by atoms with Crippen LogP contribution in [0, 0.1) is 11.3 Å². The van der Waals surface area contributed by atoms with Crippen LogP contribution in [0.1, 0.15) is 49.8 Å². The monoisotopic (exact) mass is 503 g/mol. The molecule has 0 spiro atoms. The zero-order valence-electron chi connectivity index (χ0n) is 19.4. The van der Waals surface area contributed by atoms with E-state index in [4.69, 9.17) is 25.5 Å². The van der Waals surface area contributed by atoms with Crippen LogP contribution in [0.15, 0.2) is 47.0 Å². The quantitative estimate of drug-likeness (QED) is 0.401. The molecule has 2 aromatic carbocycles. The van der Waals surface area contributed by atoms with Gasteiger partial charge >= 0.3 is 0 Å². The van der Waals surface area contributed by atoms with Gasteiger partial charge in [-0.3, -0.25) is 4.72 Å². The average Bonchev–Trinajstić information content (AvgIpc) is 3.22.